The topological polar surface area (TPSA) is 71.8 Å². The summed E-state index contributed by atoms with van der Waals surface area (Å²) >= 11 is 0. The van der Waals surface area contributed by atoms with Gasteiger partial charge in [-0.2, -0.15) is 5.26 Å². The highest BCUT2D eigenvalue weighted by atomic mass is 16.1. The number of amides is 1. The third-order valence-corrected chi connectivity index (χ3v) is 3.92. The highest BCUT2D eigenvalue weighted by Gasteiger charge is 2.09. The molecule has 0 spiro atoms. The number of allylic oxidation sites excluding steroid dienone is 1. The van der Waals surface area contributed by atoms with Gasteiger partial charge in [0, 0.05) is 35.6 Å². The van der Waals surface area contributed by atoms with Crippen molar-refractivity contribution in [1.29, 1.82) is 5.26 Å². The Labute approximate surface area is 140 Å². The van der Waals surface area contributed by atoms with Crippen LogP contribution in [0.3, 0.4) is 0 Å². The molecule has 4 nitrogen and oxygen atoms in total. The van der Waals surface area contributed by atoms with E-state index in [2.05, 4.69) is 6.07 Å². The lowest BCUT2D eigenvalue weighted by molar-refractivity contribution is -0.118. The molecule has 24 heavy (non-hydrogen) atoms. The van der Waals surface area contributed by atoms with Gasteiger partial charge in [0.1, 0.15) is 0 Å². The van der Waals surface area contributed by atoms with E-state index in [1.807, 2.05) is 71.4 Å². The first-order valence-electron chi connectivity index (χ1n) is 7.72. The lowest BCUT2D eigenvalue weighted by Crippen LogP contribution is -2.13. The van der Waals surface area contributed by atoms with Gasteiger partial charge in [0.2, 0.25) is 5.91 Å². The lowest BCUT2D eigenvalue weighted by atomic mass is 10.0. The third kappa shape index (κ3) is 3.21. The standard InChI is InChI=1S/C20H17N3O/c21-13-16(15-6-2-1-3-7-15)12-17-14-23(11-10-20(22)24)19-9-5-4-8-18(17)19/h1-9,12,14H,10-11H2,(H2,22,24)/b16-12-. The van der Waals surface area contributed by atoms with Crippen molar-refractivity contribution in [2.45, 2.75) is 13.0 Å². The minimum absolute atomic E-state index is 0.283. The van der Waals surface area contributed by atoms with Crippen LogP contribution in [0.2, 0.25) is 0 Å². The summed E-state index contributed by atoms with van der Waals surface area (Å²) in [5, 5.41) is 10.6. The van der Waals surface area contributed by atoms with Crippen LogP contribution in [0.1, 0.15) is 17.5 Å². The van der Waals surface area contributed by atoms with E-state index in [1.165, 1.54) is 0 Å². The third-order valence-electron chi connectivity index (χ3n) is 3.92. The highest BCUT2D eigenvalue weighted by Crippen LogP contribution is 2.26. The van der Waals surface area contributed by atoms with Crippen LogP contribution < -0.4 is 5.73 Å². The molecule has 0 unspecified atom stereocenters. The Morgan fingerprint density at radius 2 is 1.83 bits per heavy atom. The number of aromatic nitrogens is 1. The number of benzene rings is 2. The first-order chi connectivity index (χ1) is 11.7. The Balaban J connectivity index is 2.08. The number of para-hydroxylation sites is 1. The van der Waals surface area contributed by atoms with Crippen LogP contribution in [-0.4, -0.2) is 10.5 Å². The Morgan fingerprint density at radius 3 is 2.54 bits per heavy atom. The maximum absolute atomic E-state index is 11.1. The van der Waals surface area contributed by atoms with Crippen molar-refractivity contribution in [3.63, 3.8) is 0 Å². The van der Waals surface area contributed by atoms with Crippen LogP contribution in [0.5, 0.6) is 0 Å². The summed E-state index contributed by atoms with van der Waals surface area (Å²) < 4.78 is 2.01. The quantitative estimate of drug-likeness (QED) is 0.731. The van der Waals surface area contributed by atoms with Crippen molar-refractivity contribution in [3.8, 4) is 6.07 Å². The average Bonchev–Trinajstić information content (AvgIpc) is 2.96. The van der Waals surface area contributed by atoms with E-state index in [4.69, 9.17) is 5.73 Å². The van der Waals surface area contributed by atoms with Gasteiger partial charge in [-0.05, 0) is 17.7 Å². The minimum Gasteiger partial charge on any atom is -0.370 e. The molecule has 1 amide bonds. The van der Waals surface area contributed by atoms with Crippen LogP contribution in [0, 0.1) is 11.3 Å². The van der Waals surface area contributed by atoms with Crippen LogP contribution in [-0.2, 0) is 11.3 Å². The molecule has 3 rings (SSSR count). The first-order valence-corrected chi connectivity index (χ1v) is 7.72. The van der Waals surface area contributed by atoms with Gasteiger partial charge in [0.05, 0.1) is 11.6 Å². The number of aryl methyl sites for hydroxylation is 1. The predicted octanol–water partition coefficient (Wildman–Crippen LogP) is 3.58. The second kappa shape index (κ2) is 6.84. The second-order valence-electron chi connectivity index (χ2n) is 5.55. The SMILES string of the molecule is N#C/C(=C/c1cn(CCC(N)=O)c2ccccc12)c1ccccc1. The summed E-state index contributed by atoms with van der Waals surface area (Å²) in [6, 6.07) is 19.8. The summed E-state index contributed by atoms with van der Waals surface area (Å²) in [6.45, 7) is 0.525. The number of primary amides is 1. The molecule has 1 heterocycles. The zero-order chi connectivity index (χ0) is 16.9. The molecular formula is C20H17N3O. The average molecular weight is 315 g/mol. The van der Waals surface area contributed by atoms with Gasteiger partial charge in [-0.1, -0.05) is 48.5 Å². The van der Waals surface area contributed by atoms with Gasteiger partial charge in [-0.3, -0.25) is 4.79 Å². The van der Waals surface area contributed by atoms with E-state index in [9.17, 15) is 10.1 Å². The fourth-order valence-corrected chi connectivity index (χ4v) is 2.76. The first kappa shape index (κ1) is 15.6. The van der Waals surface area contributed by atoms with Gasteiger partial charge in [-0.15, -0.1) is 0 Å². The Bertz CT molecular complexity index is 946. The van der Waals surface area contributed by atoms with Crippen molar-refractivity contribution >= 4 is 28.5 Å². The van der Waals surface area contributed by atoms with Crippen LogP contribution in [0.4, 0.5) is 0 Å². The normalized spacial score (nSPS) is 11.4. The van der Waals surface area contributed by atoms with Crippen molar-refractivity contribution in [3.05, 3.63) is 71.9 Å². The van der Waals surface area contributed by atoms with Crippen LogP contribution in [0.15, 0.2) is 60.8 Å². The smallest absolute Gasteiger partial charge is 0.219 e. The van der Waals surface area contributed by atoms with Gasteiger partial charge in [-0.25, -0.2) is 0 Å². The monoisotopic (exact) mass is 315 g/mol. The zero-order valence-electron chi connectivity index (χ0n) is 13.1. The molecule has 0 saturated carbocycles. The van der Waals surface area contributed by atoms with Gasteiger partial charge in [0.25, 0.3) is 0 Å². The summed E-state index contributed by atoms with van der Waals surface area (Å²) in [6.07, 6.45) is 4.14. The number of carbonyl (C=O) groups excluding carboxylic acids is 1. The van der Waals surface area contributed by atoms with Crippen molar-refractivity contribution in [1.82, 2.24) is 4.57 Å². The van der Waals surface area contributed by atoms with Crippen LogP contribution in [0.25, 0.3) is 22.6 Å². The summed E-state index contributed by atoms with van der Waals surface area (Å²) in [7, 11) is 0. The molecule has 0 fully saturated rings. The number of fused-ring (bicyclic) bond motifs is 1. The number of nitrogens with zero attached hydrogens (tertiary/aromatic N) is 2. The van der Waals surface area contributed by atoms with Gasteiger partial charge in [0.15, 0.2) is 0 Å². The second-order valence-corrected chi connectivity index (χ2v) is 5.55. The molecule has 1 aromatic heterocycles. The molecule has 118 valence electrons. The number of rotatable bonds is 5. The summed E-state index contributed by atoms with van der Waals surface area (Å²) in [5.74, 6) is -0.327. The number of hydrogen-bond donors (Lipinski definition) is 1. The minimum atomic E-state index is -0.327. The largest absolute Gasteiger partial charge is 0.370 e. The van der Waals surface area contributed by atoms with E-state index in [-0.39, 0.29) is 12.3 Å². The predicted molar refractivity (Wildman–Crippen MR) is 95.7 cm³/mol. The molecule has 2 aromatic carbocycles. The summed E-state index contributed by atoms with van der Waals surface area (Å²) in [4.78, 5) is 11.1. The molecule has 0 aliphatic carbocycles. The molecule has 0 bridgehead atoms. The molecule has 0 saturated heterocycles. The summed E-state index contributed by atoms with van der Waals surface area (Å²) in [5.41, 5.74) is 8.73. The molecule has 0 aliphatic heterocycles. The number of nitrogens with two attached hydrogens (primary N) is 1. The molecule has 4 heteroatoms. The Kier molecular flexibility index (Phi) is 4.44. The molecule has 3 aromatic rings. The van der Waals surface area contributed by atoms with Gasteiger partial charge >= 0.3 is 0 Å². The molecule has 0 aliphatic rings. The van der Waals surface area contributed by atoms with Crippen molar-refractivity contribution < 1.29 is 4.79 Å². The number of nitriles is 1. The fourth-order valence-electron chi connectivity index (χ4n) is 2.76. The zero-order valence-corrected chi connectivity index (χ0v) is 13.1. The molecular weight excluding hydrogens is 298 g/mol. The van der Waals surface area contributed by atoms with Gasteiger partial charge < -0.3 is 10.3 Å². The molecule has 0 radical (unpaired) electrons. The number of carbonyl (C=O) groups is 1. The molecule has 2 N–H and O–H groups in total. The highest BCUT2D eigenvalue weighted by molar-refractivity contribution is 5.98. The van der Waals surface area contributed by atoms with Crippen molar-refractivity contribution in [2.24, 2.45) is 5.73 Å². The fraction of sp³-hybridized carbons (Fsp3) is 0.100. The lowest BCUT2D eigenvalue weighted by Gasteiger charge is -2.02. The Hall–Kier alpha value is -3.32. The van der Waals surface area contributed by atoms with Crippen LogP contribution >= 0.6 is 0 Å². The van der Waals surface area contributed by atoms with E-state index in [0.29, 0.717) is 12.1 Å². The molecule has 0 atom stereocenters. The van der Waals surface area contributed by atoms with Crippen molar-refractivity contribution in [2.75, 3.05) is 0 Å². The maximum Gasteiger partial charge on any atom is 0.219 e. The maximum atomic E-state index is 11.1. The number of hydrogen-bond acceptors (Lipinski definition) is 2. The van der Waals surface area contributed by atoms with E-state index in [0.717, 1.165) is 22.0 Å². The van der Waals surface area contributed by atoms with E-state index < -0.39 is 0 Å². The Morgan fingerprint density at radius 1 is 1.12 bits per heavy atom. The van der Waals surface area contributed by atoms with E-state index in [1.54, 1.807) is 0 Å². The van der Waals surface area contributed by atoms with E-state index >= 15 is 0 Å².